The zero-order valence-corrected chi connectivity index (χ0v) is 15.1. The van der Waals surface area contributed by atoms with Gasteiger partial charge in [-0.15, -0.1) is 0 Å². The summed E-state index contributed by atoms with van der Waals surface area (Å²) in [6, 6.07) is 3.44. The molecule has 1 heterocycles. The highest BCUT2D eigenvalue weighted by molar-refractivity contribution is 6.31. The van der Waals surface area contributed by atoms with Crippen LogP contribution in [-0.2, 0) is 0 Å². The summed E-state index contributed by atoms with van der Waals surface area (Å²) in [5, 5.41) is 0.688. The van der Waals surface area contributed by atoms with Crippen LogP contribution in [0.2, 0.25) is 5.02 Å². The smallest absolute Gasteiger partial charge is 0.146 e. The van der Waals surface area contributed by atoms with Crippen molar-refractivity contribution in [3.05, 3.63) is 28.5 Å². The molecule has 2 rings (SSSR count). The van der Waals surface area contributed by atoms with Crippen LogP contribution in [0.5, 0.6) is 0 Å². The molecule has 0 aromatic heterocycles. The van der Waals surface area contributed by atoms with Gasteiger partial charge in [0.15, 0.2) is 0 Å². The molecular formula is C19H29ClFN. The Kier molecular flexibility index (Phi) is 6.14. The Labute approximate surface area is 139 Å². The van der Waals surface area contributed by atoms with Gasteiger partial charge < -0.3 is 4.90 Å². The molecule has 0 unspecified atom stereocenters. The second kappa shape index (κ2) is 7.68. The van der Waals surface area contributed by atoms with Gasteiger partial charge in [0.05, 0.1) is 5.69 Å². The average Bonchev–Trinajstić information content (AvgIpc) is 2.47. The molecule has 1 aromatic rings. The number of halogens is 2. The first-order valence-electron chi connectivity index (χ1n) is 8.62. The number of hydrogen-bond donors (Lipinski definition) is 0. The molecule has 1 aromatic carbocycles. The summed E-state index contributed by atoms with van der Waals surface area (Å²) in [5.74, 6) is 1.69. The van der Waals surface area contributed by atoms with Crippen LogP contribution >= 0.6 is 11.6 Å². The molecule has 1 aliphatic heterocycles. The molecule has 0 N–H and O–H groups in total. The Balaban J connectivity index is 2.01. The Bertz CT molecular complexity index is 490. The van der Waals surface area contributed by atoms with Crippen molar-refractivity contribution in [3.8, 4) is 0 Å². The van der Waals surface area contributed by atoms with Gasteiger partial charge in [-0.3, -0.25) is 0 Å². The Morgan fingerprint density at radius 1 is 1.18 bits per heavy atom. The Morgan fingerprint density at radius 2 is 1.82 bits per heavy atom. The van der Waals surface area contributed by atoms with Gasteiger partial charge in [-0.2, -0.15) is 0 Å². The largest absolute Gasteiger partial charge is 0.369 e. The van der Waals surface area contributed by atoms with Crippen molar-refractivity contribution >= 4 is 17.3 Å². The maximum atomic E-state index is 14.4. The topological polar surface area (TPSA) is 3.24 Å². The minimum Gasteiger partial charge on any atom is -0.369 e. The maximum absolute atomic E-state index is 14.4. The molecule has 22 heavy (non-hydrogen) atoms. The third kappa shape index (κ3) is 4.38. The predicted molar refractivity (Wildman–Crippen MR) is 94.5 cm³/mol. The van der Waals surface area contributed by atoms with E-state index in [1.54, 1.807) is 6.07 Å². The van der Waals surface area contributed by atoms with Gasteiger partial charge in [0.1, 0.15) is 5.82 Å². The van der Waals surface area contributed by atoms with Crippen LogP contribution in [0.25, 0.3) is 0 Å². The highest BCUT2D eigenvalue weighted by Crippen LogP contribution is 2.34. The molecule has 124 valence electrons. The van der Waals surface area contributed by atoms with Crippen molar-refractivity contribution in [1.29, 1.82) is 0 Å². The van der Waals surface area contributed by atoms with Crippen LogP contribution in [0.1, 0.15) is 64.9 Å². The third-order valence-corrected chi connectivity index (χ3v) is 5.12. The van der Waals surface area contributed by atoms with Gasteiger partial charge in [-0.1, -0.05) is 52.1 Å². The number of benzene rings is 1. The van der Waals surface area contributed by atoms with Crippen molar-refractivity contribution in [3.63, 3.8) is 0 Å². The molecule has 3 heteroatoms. The van der Waals surface area contributed by atoms with Gasteiger partial charge in [0.2, 0.25) is 0 Å². The van der Waals surface area contributed by atoms with E-state index in [2.05, 4.69) is 18.7 Å². The maximum Gasteiger partial charge on any atom is 0.146 e. The van der Waals surface area contributed by atoms with Crippen LogP contribution in [0.4, 0.5) is 10.1 Å². The van der Waals surface area contributed by atoms with E-state index in [4.69, 9.17) is 11.6 Å². The minimum absolute atomic E-state index is 0.131. The van der Waals surface area contributed by atoms with E-state index < -0.39 is 0 Å². The summed E-state index contributed by atoms with van der Waals surface area (Å²) in [7, 11) is 0. The van der Waals surface area contributed by atoms with E-state index in [1.807, 2.05) is 19.9 Å². The number of nitrogens with zero attached hydrogens (tertiary/aromatic N) is 1. The van der Waals surface area contributed by atoms with E-state index >= 15 is 0 Å². The van der Waals surface area contributed by atoms with Crippen LogP contribution in [0.15, 0.2) is 12.1 Å². The third-order valence-electron chi connectivity index (χ3n) is 4.80. The van der Waals surface area contributed by atoms with E-state index in [1.165, 1.54) is 12.8 Å². The standard InChI is InChI=1S/C19H29ClFN/c1-13(2)5-6-15-7-9-22(10-8-15)19-12-17(20)16(14(3)4)11-18(19)21/h11-15H,5-10H2,1-4H3. The molecule has 0 radical (unpaired) electrons. The molecule has 1 fully saturated rings. The lowest BCUT2D eigenvalue weighted by Gasteiger charge is -2.34. The minimum atomic E-state index is -0.131. The number of hydrogen-bond acceptors (Lipinski definition) is 1. The highest BCUT2D eigenvalue weighted by Gasteiger charge is 2.22. The first-order valence-corrected chi connectivity index (χ1v) is 9.00. The molecule has 0 aliphatic carbocycles. The first kappa shape index (κ1) is 17.6. The van der Waals surface area contributed by atoms with Gasteiger partial charge in [0.25, 0.3) is 0 Å². The van der Waals surface area contributed by atoms with E-state index in [9.17, 15) is 4.39 Å². The van der Waals surface area contributed by atoms with Crippen molar-refractivity contribution < 1.29 is 4.39 Å². The predicted octanol–water partition coefficient (Wildman–Crippen LogP) is 6.26. The van der Waals surface area contributed by atoms with Crippen molar-refractivity contribution in [2.45, 2.75) is 59.3 Å². The van der Waals surface area contributed by atoms with Gasteiger partial charge in [-0.05, 0) is 48.3 Å². The highest BCUT2D eigenvalue weighted by atomic mass is 35.5. The lowest BCUT2D eigenvalue weighted by Crippen LogP contribution is -2.34. The summed E-state index contributed by atoms with van der Waals surface area (Å²) in [4.78, 5) is 2.16. The molecular weight excluding hydrogens is 297 g/mol. The monoisotopic (exact) mass is 325 g/mol. The molecule has 0 bridgehead atoms. The van der Waals surface area contributed by atoms with Crippen LogP contribution in [0, 0.1) is 17.7 Å². The second-order valence-electron chi connectivity index (χ2n) is 7.38. The Hall–Kier alpha value is -0.760. The fourth-order valence-electron chi connectivity index (χ4n) is 3.27. The average molecular weight is 326 g/mol. The first-order chi connectivity index (χ1) is 10.4. The number of anilines is 1. The summed E-state index contributed by atoms with van der Waals surface area (Å²) in [6.45, 7) is 10.5. The van der Waals surface area contributed by atoms with Crippen molar-refractivity contribution in [2.75, 3.05) is 18.0 Å². The number of piperidine rings is 1. The lowest BCUT2D eigenvalue weighted by atomic mass is 9.89. The van der Waals surface area contributed by atoms with Gasteiger partial charge >= 0.3 is 0 Å². The second-order valence-corrected chi connectivity index (χ2v) is 7.79. The van der Waals surface area contributed by atoms with Crippen LogP contribution in [-0.4, -0.2) is 13.1 Å². The molecule has 0 atom stereocenters. The molecule has 1 nitrogen and oxygen atoms in total. The summed E-state index contributed by atoms with van der Waals surface area (Å²) >= 11 is 6.34. The van der Waals surface area contributed by atoms with Crippen molar-refractivity contribution in [1.82, 2.24) is 0 Å². The summed E-state index contributed by atoms with van der Waals surface area (Å²) in [5.41, 5.74) is 1.58. The van der Waals surface area contributed by atoms with E-state index in [0.717, 1.165) is 43.3 Å². The number of rotatable bonds is 5. The fraction of sp³-hybridized carbons (Fsp3) is 0.684. The molecule has 1 saturated heterocycles. The molecule has 0 spiro atoms. The fourth-order valence-corrected chi connectivity index (χ4v) is 3.64. The molecule has 0 saturated carbocycles. The zero-order chi connectivity index (χ0) is 16.3. The normalized spacial score (nSPS) is 16.8. The van der Waals surface area contributed by atoms with Gasteiger partial charge in [-0.25, -0.2) is 4.39 Å². The summed E-state index contributed by atoms with van der Waals surface area (Å²) < 4.78 is 14.4. The SMILES string of the molecule is CC(C)CCC1CCN(c2cc(Cl)c(C(C)C)cc2F)CC1. The molecule has 0 amide bonds. The van der Waals surface area contributed by atoms with Gasteiger partial charge in [0, 0.05) is 18.1 Å². The van der Waals surface area contributed by atoms with Crippen molar-refractivity contribution in [2.24, 2.45) is 11.8 Å². The zero-order valence-electron chi connectivity index (χ0n) is 14.3. The Morgan fingerprint density at radius 3 is 2.36 bits per heavy atom. The lowest BCUT2D eigenvalue weighted by molar-refractivity contribution is 0.350. The van der Waals surface area contributed by atoms with Crippen LogP contribution in [0.3, 0.4) is 0 Å². The quantitative estimate of drug-likeness (QED) is 0.618. The van der Waals surface area contributed by atoms with E-state index in [-0.39, 0.29) is 11.7 Å². The summed E-state index contributed by atoms with van der Waals surface area (Å²) in [6.07, 6.45) is 4.93. The molecule has 1 aliphatic rings. The van der Waals surface area contributed by atoms with Crippen LogP contribution < -0.4 is 4.90 Å². The van der Waals surface area contributed by atoms with E-state index in [0.29, 0.717) is 10.7 Å².